The Hall–Kier alpha value is -4.90. The van der Waals surface area contributed by atoms with Gasteiger partial charge in [-0.15, -0.1) is 0 Å². The van der Waals surface area contributed by atoms with Crippen LogP contribution >= 0.6 is 0 Å². The molecule has 0 bridgehead atoms. The largest absolute Gasteiger partial charge is 0.497 e. The molecule has 0 unspecified atom stereocenters. The molecule has 0 spiro atoms. The number of benzene rings is 3. The predicted molar refractivity (Wildman–Crippen MR) is 155 cm³/mol. The van der Waals surface area contributed by atoms with E-state index < -0.39 is 28.4 Å². The first-order chi connectivity index (χ1) is 19.7. The molecule has 0 aliphatic carbocycles. The lowest BCUT2D eigenvalue weighted by atomic mass is 10.1. The standard InChI is InChI=1S/C30H29N3O7S/c1-4-39-30(35)23-9-7-22(8-10-23)28-18-15-26(40-28)19-31-32-29(34)20-33(24-11-5-21(2)6-12-24)41(36,37)27-16-13-25(38-3)14-17-27/h5-19H,4,20H2,1-3H3,(H,32,34)/b31-19-. The first-order valence-corrected chi connectivity index (χ1v) is 14.1. The number of carbonyl (C=O) groups is 2. The van der Waals surface area contributed by atoms with E-state index in [1.54, 1.807) is 67.6 Å². The number of methoxy groups -OCH3 is 1. The summed E-state index contributed by atoms with van der Waals surface area (Å²) in [7, 11) is -2.60. The van der Waals surface area contributed by atoms with Crippen LogP contribution < -0.4 is 14.5 Å². The van der Waals surface area contributed by atoms with Crippen molar-refractivity contribution in [3.05, 3.63) is 102 Å². The van der Waals surface area contributed by atoms with Crippen LogP contribution in [0.15, 0.2) is 99.3 Å². The molecule has 0 aliphatic heterocycles. The van der Waals surface area contributed by atoms with E-state index in [2.05, 4.69) is 10.5 Å². The summed E-state index contributed by atoms with van der Waals surface area (Å²) >= 11 is 0. The summed E-state index contributed by atoms with van der Waals surface area (Å²) in [5, 5.41) is 3.93. The summed E-state index contributed by atoms with van der Waals surface area (Å²) < 4.78 is 43.9. The third-order valence-electron chi connectivity index (χ3n) is 5.94. The van der Waals surface area contributed by atoms with Crippen LogP contribution in [0.5, 0.6) is 5.75 Å². The Morgan fingerprint density at radius 1 is 0.951 bits per heavy atom. The van der Waals surface area contributed by atoms with Crippen LogP contribution in [-0.4, -0.2) is 46.8 Å². The van der Waals surface area contributed by atoms with Gasteiger partial charge in [0.05, 0.1) is 36.1 Å². The molecular formula is C30H29N3O7S. The molecule has 1 heterocycles. The summed E-state index contributed by atoms with van der Waals surface area (Å²) in [4.78, 5) is 24.7. The van der Waals surface area contributed by atoms with Gasteiger partial charge in [-0.25, -0.2) is 18.6 Å². The molecule has 3 aromatic carbocycles. The third kappa shape index (κ3) is 7.20. The number of anilines is 1. The summed E-state index contributed by atoms with van der Waals surface area (Å²) in [5.74, 6) is 0.341. The minimum atomic E-state index is -4.09. The van der Waals surface area contributed by atoms with Gasteiger partial charge in [-0.3, -0.25) is 9.10 Å². The van der Waals surface area contributed by atoms with Crippen molar-refractivity contribution in [1.82, 2.24) is 5.43 Å². The van der Waals surface area contributed by atoms with E-state index in [1.165, 1.54) is 37.6 Å². The molecule has 1 N–H and O–H groups in total. The van der Waals surface area contributed by atoms with E-state index >= 15 is 0 Å². The molecule has 41 heavy (non-hydrogen) atoms. The van der Waals surface area contributed by atoms with Crippen molar-refractivity contribution in [3.63, 3.8) is 0 Å². The number of aryl methyl sites for hydroxylation is 1. The van der Waals surface area contributed by atoms with E-state index in [-0.39, 0.29) is 4.90 Å². The molecule has 0 saturated carbocycles. The lowest BCUT2D eigenvalue weighted by Crippen LogP contribution is -2.39. The Kier molecular flexibility index (Phi) is 9.20. The topological polar surface area (TPSA) is 128 Å². The number of furan rings is 1. The van der Waals surface area contributed by atoms with Gasteiger partial charge in [0, 0.05) is 5.56 Å². The SMILES string of the molecule is CCOC(=O)c1ccc(-c2ccc(/C=N\NC(=O)CN(c3ccc(C)cc3)S(=O)(=O)c3ccc(OC)cc3)o2)cc1. The van der Waals surface area contributed by atoms with E-state index in [1.807, 2.05) is 6.92 Å². The average Bonchev–Trinajstić information content (AvgIpc) is 3.45. The molecule has 4 rings (SSSR count). The zero-order valence-corrected chi connectivity index (χ0v) is 23.6. The van der Waals surface area contributed by atoms with Crippen molar-refractivity contribution in [2.24, 2.45) is 5.10 Å². The van der Waals surface area contributed by atoms with Gasteiger partial charge in [-0.2, -0.15) is 5.10 Å². The second kappa shape index (κ2) is 13.0. The van der Waals surface area contributed by atoms with Gasteiger partial charge in [0.2, 0.25) is 0 Å². The van der Waals surface area contributed by atoms with Gasteiger partial charge in [0.1, 0.15) is 23.8 Å². The maximum absolute atomic E-state index is 13.5. The van der Waals surface area contributed by atoms with Crippen molar-refractivity contribution in [2.45, 2.75) is 18.7 Å². The highest BCUT2D eigenvalue weighted by Crippen LogP contribution is 2.26. The summed E-state index contributed by atoms with van der Waals surface area (Å²) in [5.41, 5.74) is 4.80. The highest BCUT2D eigenvalue weighted by molar-refractivity contribution is 7.92. The van der Waals surface area contributed by atoms with Crippen molar-refractivity contribution in [1.29, 1.82) is 0 Å². The molecule has 11 heteroatoms. The maximum Gasteiger partial charge on any atom is 0.338 e. The number of esters is 1. The smallest absolute Gasteiger partial charge is 0.338 e. The number of rotatable bonds is 11. The number of sulfonamides is 1. The van der Waals surface area contributed by atoms with E-state index in [9.17, 15) is 18.0 Å². The fourth-order valence-electron chi connectivity index (χ4n) is 3.80. The summed E-state index contributed by atoms with van der Waals surface area (Å²) in [6.45, 7) is 3.41. The number of amides is 1. The molecule has 4 aromatic rings. The van der Waals surface area contributed by atoms with Crippen molar-refractivity contribution in [3.8, 4) is 17.1 Å². The van der Waals surface area contributed by atoms with Crippen LogP contribution in [0.1, 0.15) is 28.6 Å². The Morgan fingerprint density at radius 3 is 2.27 bits per heavy atom. The van der Waals surface area contributed by atoms with Gasteiger partial charge in [0.25, 0.3) is 15.9 Å². The molecular weight excluding hydrogens is 546 g/mol. The molecule has 1 aromatic heterocycles. The van der Waals surface area contributed by atoms with Crippen molar-refractivity contribution < 1.29 is 31.9 Å². The van der Waals surface area contributed by atoms with Crippen LogP contribution in [0.4, 0.5) is 5.69 Å². The third-order valence-corrected chi connectivity index (χ3v) is 7.73. The van der Waals surface area contributed by atoms with Gasteiger partial charge in [-0.05, 0) is 74.5 Å². The zero-order chi connectivity index (χ0) is 29.4. The Morgan fingerprint density at radius 2 is 1.63 bits per heavy atom. The van der Waals surface area contributed by atoms with Crippen molar-refractivity contribution in [2.75, 3.05) is 24.6 Å². The lowest BCUT2D eigenvalue weighted by Gasteiger charge is -2.24. The second-order valence-electron chi connectivity index (χ2n) is 8.82. The number of hydrogen-bond donors (Lipinski definition) is 1. The predicted octanol–water partition coefficient (Wildman–Crippen LogP) is 4.79. The monoisotopic (exact) mass is 575 g/mol. The van der Waals surface area contributed by atoms with Gasteiger partial charge >= 0.3 is 5.97 Å². The number of ether oxygens (including phenoxy) is 2. The van der Waals surface area contributed by atoms with Crippen molar-refractivity contribution >= 4 is 33.8 Å². The number of nitrogens with zero attached hydrogens (tertiary/aromatic N) is 2. The van der Waals surface area contributed by atoms with Gasteiger partial charge in [-0.1, -0.05) is 29.8 Å². The number of carbonyl (C=O) groups excluding carboxylic acids is 2. The molecule has 212 valence electrons. The first kappa shape index (κ1) is 29.1. The number of nitrogens with one attached hydrogen (secondary N) is 1. The molecule has 0 aliphatic rings. The minimum Gasteiger partial charge on any atom is -0.497 e. The van der Waals surface area contributed by atoms with Gasteiger partial charge in [0.15, 0.2) is 0 Å². The molecule has 10 nitrogen and oxygen atoms in total. The van der Waals surface area contributed by atoms with Gasteiger partial charge < -0.3 is 13.9 Å². The maximum atomic E-state index is 13.5. The zero-order valence-electron chi connectivity index (χ0n) is 22.7. The molecule has 0 fully saturated rings. The summed E-state index contributed by atoms with van der Waals surface area (Å²) in [6.07, 6.45) is 1.31. The summed E-state index contributed by atoms with van der Waals surface area (Å²) in [6, 6.07) is 22.9. The van der Waals surface area contributed by atoms with Crippen LogP contribution in [-0.2, 0) is 19.6 Å². The van der Waals surface area contributed by atoms with E-state index in [4.69, 9.17) is 13.9 Å². The highest BCUT2D eigenvalue weighted by atomic mass is 32.2. The van der Waals surface area contributed by atoms with E-state index in [0.717, 1.165) is 15.4 Å². The second-order valence-corrected chi connectivity index (χ2v) is 10.7. The Balaban J connectivity index is 1.45. The molecule has 0 radical (unpaired) electrons. The molecule has 0 saturated heterocycles. The number of hydrazone groups is 1. The minimum absolute atomic E-state index is 0.00794. The number of hydrogen-bond acceptors (Lipinski definition) is 8. The fraction of sp³-hybridized carbons (Fsp3) is 0.167. The van der Waals surface area contributed by atoms with Crippen LogP contribution in [0.3, 0.4) is 0 Å². The normalized spacial score (nSPS) is 11.3. The van der Waals surface area contributed by atoms with E-state index in [0.29, 0.717) is 35.1 Å². The lowest BCUT2D eigenvalue weighted by molar-refractivity contribution is -0.119. The quantitative estimate of drug-likeness (QED) is 0.155. The first-order valence-electron chi connectivity index (χ1n) is 12.6. The van der Waals surface area contributed by atoms with Crippen LogP contribution in [0.2, 0.25) is 0 Å². The fourth-order valence-corrected chi connectivity index (χ4v) is 5.22. The van der Waals surface area contributed by atoms with Crippen LogP contribution in [0.25, 0.3) is 11.3 Å². The highest BCUT2D eigenvalue weighted by Gasteiger charge is 2.27. The molecule has 1 amide bonds. The average molecular weight is 576 g/mol. The van der Waals surface area contributed by atoms with Crippen LogP contribution in [0, 0.1) is 6.92 Å². The molecule has 0 atom stereocenters. The Bertz CT molecular complexity index is 1630. The Labute approximate surface area is 238 Å².